The Morgan fingerprint density at radius 2 is 2.42 bits per heavy atom. The van der Waals surface area contributed by atoms with Crippen molar-refractivity contribution in [3.63, 3.8) is 0 Å². The molecule has 0 aromatic rings. The van der Waals surface area contributed by atoms with Gasteiger partial charge in [0.15, 0.2) is 6.10 Å². The minimum absolute atomic E-state index is 0.459. The normalized spacial score (nSPS) is 11.2. The van der Waals surface area contributed by atoms with Crippen molar-refractivity contribution < 1.29 is 14.6 Å². The Morgan fingerprint density at radius 3 is 2.83 bits per heavy atom. The number of carboxylic acid groups (broad SMARTS) is 1. The van der Waals surface area contributed by atoms with Crippen LogP contribution in [0.1, 0.15) is 26.2 Å². The molecule has 1 N–H and O–H groups in total. The van der Waals surface area contributed by atoms with Crippen molar-refractivity contribution in [3.8, 4) is 9.85 Å². The minimum atomic E-state index is -1.25. The van der Waals surface area contributed by atoms with E-state index in [0.717, 1.165) is 12.8 Å². The van der Waals surface area contributed by atoms with Crippen molar-refractivity contribution in [2.24, 2.45) is 0 Å². The third kappa shape index (κ3) is 6.28. The summed E-state index contributed by atoms with van der Waals surface area (Å²) in [6.07, 6.45) is 0.916. The second-order valence-corrected chi connectivity index (χ2v) is 2.79. The molecule has 0 amide bonds. The average molecular weight is 282 g/mol. The van der Waals surface area contributed by atoms with Crippen molar-refractivity contribution in [2.75, 3.05) is 0 Å². The Balaban J connectivity index is 3.83. The first-order chi connectivity index (χ1) is 5.70. The van der Waals surface area contributed by atoms with Crippen LogP contribution in [0.4, 0.5) is 4.79 Å². The second-order valence-electron chi connectivity index (χ2n) is 2.25. The molecule has 0 aliphatic heterocycles. The highest BCUT2D eigenvalue weighted by molar-refractivity contribution is 14.1. The van der Waals surface area contributed by atoms with Crippen LogP contribution < -0.4 is 0 Å². The maximum Gasteiger partial charge on any atom is 0.507 e. The van der Waals surface area contributed by atoms with E-state index in [9.17, 15) is 4.79 Å². The number of hydrogen-bond acceptors (Lipinski definition) is 2. The topological polar surface area (TPSA) is 46.5 Å². The first kappa shape index (κ1) is 11.6. The third-order valence-corrected chi connectivity index (χ3v) is 1.59. The maximum absolute atomic E-state index is 10.2. The van der Waals surface area contributed by atoms with E-state index in [1.54, 1.807) is 0 Å². The number of hydrogen-bond donors (Lipinski definition) is 1. The standard InChI is InChI=1S/C8H11IO3/c1-2-3-4-7(5-6-9)12-8(10)11/h7H,2-4H2,1H3,(H,10,11). The van der Waals surface area contributed by atoms with Crippen LogP contribution in [0.3, 0.4) is 0 Å². The van der Waals surface area contributed by atoms with E-state index in [1.165, 1.54) is 0 Å². The summed E-state index contributed by atoms with van der Waals surface area (Å²) in [6, 6.07) is 0. The lowest BCUT2D eigenvalue weighted by molar-refractivity contribution is 0.0688. The molecule has 0 radical (unpaired) electrons. The number of rotatable bonds is 4. The molecule has 12 heavy (non-hydrogen) atoms. The summed E-state index contributed by atoms with van der Waals surface area (Å²) < 4.78 is 7.14. The SMILES string of the molecule is CCCCC(C#CI)OC(=O)O. The van der Waals surface area contributed by atoms with Crippen LogP contribution in [-0.4, -0.2) is 17.4 Å². The predicted molar refractivity (Wildman–Crippen MR) is 54.2 cm³/mol. The van der Waals surface area contributed by atoms with Crippen LogP contribution in [0.15, 0.2) is 0 Å². The largest absolute Gasteiger partial charge is 0.507 e. The molecule has 0 saturated carbocycles. The zero-order valence-electron chi connectivity index (χ0n) is 6.84. The van der Waals surface area contributed by atoms with Crippen molar-refractivity contribution in [1.29, 1.82) is 0 Å². The maximum atomic E-state index is 10.2. The number of unbranched alkanes of at least 4 members (excludes halogenated alkanes) is 1. The van der Waals surface area contributed by atoms with Gasteiger partial charge in [0.25, 0.3) is 0 Å². The lowest BCUT2D eigenvalue weighted by atomic mass is 10.2. The molecule has 3 nitrogen and oxygen atoms in total. The third-order valence-electron chi connectivity index (χ3n) is 1.28. The van der Waals surface area contributed by atoms with Crippen molar-refractivity contribution in [3.05, 3.63) is 0 Å². The summed E-state index contributed by atoms with van der Waals surface area (Å²) in [4.78, 5) is 10.2. The van der Waals surface area contributed by atoms with E-state index in [0.29, 0.717) is 6.42 Å². The molecule has 0 spiro atoms. The van der Waals surface area contributed by atoms with Crippen LogP contribution in [0.5, 0.6) is 0 Å². The molecule has 1 atom stereocenters. The molecule has 0 aliphatic carbocycles. The van der Waals surface area contributed by atoms with Gasteiger partial charge in [0.05, 0.1) is 0 Å². The quantitative estimate of drug-likeness (QED) is 0.490. The Labute approximate surface area is 85.6 Å². The number of ether oxygens (including phenoxy) is 1. The predicted octanol–water partition coefficient (Wildman–Crippen LogP) is 2.64. The molecular weight excluding hydrogens is 271 g/mol. The first-order valence-corrected chi connectivity index (χ1v) is 4.79. The Morgan fingerprint density at radius 1 is 1.75 bits per heavy atom. The zero-order valence-corrected chi connectivity index (χ0v) is 9.00. The molecule has 68 valence electrons. The molecule has 0 aromatic heterocycles. The summed E-state index contributed by atoms with van der Waals surface area (Å²) in [7, 11) is 0. The molecule has 1 unspecified atom stereocenters. The summed E-state index contributed by atoms with van der Waals surface area (Å²) in [5.41, 5.74) is 0. The molecule has 0 aromatic carbocycles. The number of carbonyl (C=O) groups is 1. The Hall–Kier alpha value is -0.440. The molecule has 0 fully saturated rings. The highest BCUT2D eigenvalue weighted by atomic mass is 127. The van der Waals surface area contributed by atoms with E-state index < -0.39 is 12.3 Å². The summed E-state index contributed by atoms with van der Waals surface area (Å²) in [5.74, 6) is 2.68. The molecule has 0 bridgehead atoms. The average Bonchev–Trinajstić information content (AvgIpc) is 2.00. The lowest BCUT2D eigenvalue weighted by Gasteiger charge is -2.07. The van der Waals surface area contributed by atoms with E-state index >= 15 is 0 Å². The van der Waals surface area contributed by atoms with Crippen LogP contribution in [-0.2, 0) is 4.74 Å². The van der Waals surface area contributed by atoms with E-state index in [4.69, 9.17) is 5.11 Å². The summed E-state index contributed by atoms with van der Waals surface area (Å²) in [5, 5.41) is 8.32. The summed E-state index contributed by atoms with van der Waals surface area (Å²) in [6.45, 7) is 2.04. The second kappa shape index (κ2) is 7.22. The first-order valence-electron chi connectivity index (χ1n) is 3.71. The van der Waals surface area contributed by atoms with Gasteiger partial charge in [0, 0.05) is 22.6 Å². The fraction of sp³-hybridized carbons (Fsp3) is 0.625. The molecule has 0 aliphatic rings. The summed E-state index contributed by atoms with van der Waals surface area (Å²) >= 11 is 1.87. The van der Waals surface area contributed by atoms with Gasteiger partial charge in [-0.15, -0.1) is 0 Å². The van der Waals surface area contributed by atoms with Gasteiger partial charge in [0.1, 0.15) is 0 Å². The number of halogens is 1. The van der Waals surface area contributed by atoms with Crippen LogP contribution in [0, 0.1) is 9.85 Å². The van der Waals surface area contributed by atoms with Gasteiger partial charge in [0.2, 0.25) is 0 Å². The lowest BCUT2D eigenvalue weighted by Crippen LogP contribution is -2.14. The minimum Gasteiger partial charge on any atom is -0.450 e. The van der Waals surface area contributed by atoms with Gasteiger partial charge in [-0.1, -0.05) is 13.3 Å². The Bertz CT molecular complexity index is 192. The molecule has 4 heteroatoms. The van der Waals surface area contributed by atoms with E-state index in [2.05, 4.69) is 14.6 Å². The molecule has 0 rings (SSSR count). The van der Waals surface area contributed by atoms with Gasteiger partial charge in [-0.2, -0.15) is 0 Å². The highest BCUT2D eigenvalue weighted by Gasteiger charge is 2.08. The van der Waals surface area contributed by atoms with Gasteiger partial charge in [-0.3, -0.25) is 0 Å². The van der Waals surface area contributed by atoms with Crippen LogP contribution in [0.25, 0.3) is 0 Å². The van der Waals surface area contributed by atoms with Gasteiger partial charge in [-0.25, -0.2) is 4.79 Å². The smallest absolute Gasteiger partial charge is 0.450 e. The molecule has 0 saturated heterocycles. The highest BCUT2D eigenvalue weighted by Crippen LogP contribution is 2.04. The van der Waals surface area contributed by atoms with Gasteiger partial charge >= 0.3 is 6.16 Å². The zero-order chi connectivity index (χ0) is 9.40. The van der Waals surface area contributed by atoms with Crippen LogP contribution >= 0.6 is 22.6 Å². The van der Waals surface area contributed by atoms with E-state index in [1.807, 2.05) is 29.5 Å². The van der Waals surface area contributed by atoms with Gasteiger partial charge in [-0.05, 0) is 22.7 Å². The van der Waals surface area contributed by atoms with E-state index in [-0.39, 0.29) is 0 Å². The fourth-order valence-electron chi connectivity index (χ4n) is 0.733. The monoisotopic (exact) mass is 282 g/mol. The fourth-order valence-corrected chi connectivity index (χ4v) is 1.08. The molecular formula is C8H11IO3. The van der Waals surface area contributed by atoms with Crippen molar-refractivity contribution in [1.82, 2.24) is 0 Å². The van der Waals surface area contributed by atoms with Crippen LogP contribution in [0.2, 0.25) is 0 Å². The molecule has 0 heterocycles. The van der Waals surface area contributed by atoms with Crippen molar-refractivity contribution in [2.45, 2.75) is 32.3 Å². The van der Waals surface area contributed by atoms with Gasteiger partial charge < -0.3 is 9.84 Å². The Kier molecular flexibility index (Phi) is 6.96. The van der Waals surface area contributed by atoms with Crippen molar-refractivity contribution >= 4 is 28.7 Å².